The van der Waals surface area contributed by atoms with Crippen molar-refractivity contribution in [3.8, 4) is 0 Å². The summed E-state index contributed by atoms with van der Waals surface area (Å²) in [5.41, 5.74) is 2.21. The number of esters is 1. The van der Waals surface area contributed by atoms with Crippen LogP contribution in [0.1, 0.15) is 22.8 Å². The molecule has 0 bridgehead atoms. The molecule has 33 heavy (non-hydrogen) atoms. The first-order chi connectivity index (χ1) is 15.6. The second-order valence-corrected chi connectivity index (χ2v) is 9.59. The highest BCUT2D eigenvalue weighted by atomic mass is 32.2. The topological polar surface area (TPSA) is 84.0 Å². The van der Waals surface area contributed by atoms with Crippen LogP contribution in [-0.2, 0) is 19.6 Å². The Balaban J connectivity index is 1.76. The number of nitrogens with zero attached hydrogens (tertiary/aromatic N) is 2. The maximum Gasteiger partial charge on any atom is 0.338 e. The van der Waals surface area contributed by atoms with Gasteiger partial charge in [-0.3, -0.25) is 9.10 Å². The van der Waals surface area contributed by atoms with Gasteiger partial charge in [0.25, 0.3) is 15.9 Å². The minimum Gasteiger partial charge on any atom is -0.449 e. The summed E-state index contributed by atoms with van der Waals surface area (Å²) in [6.07, 6.45) is -1.06. The molecule has 0 unspecified atom stereocenters. The van der Waals surface area contributed by atoms with E-state index >= 15 is 0 Å². The third kappa shape index (κ3) is 5.40. The summed E-state index contributed by atoms with van der Waals surface area (Å²) in [5, 5.41) is 0. The molecule has 3 aromatic carbocycles. The normalized spacial score (nSPS) is 12.0. The quantitative estimate of drug-likeness (QED) is 0.491. The number of ether oxygens (including phenoxy) is 1. The highest BCUT2D eigenvalue weighted by molar-refractivity contribution is 7.92. The third-order valence-electron chi connectivity index (χ3n) is 5.23. The van der Waals surface area contributed by atoms with E-state index in [-0.39, 0.29) is 10.5 Å². The summed E-state index contributed by atoms with van der Waals surface area (Å²) >= 11 is 0. The summed E-state index contributed by atoms with van der Waals surface area (Å²) in [6, 6.07) is 21.6. The van der Waals surface area contributed by atoms with Crippen LogP contribution in [0.4, 0.5) is 11.4 Å². The van der Waals surface area contributed by atoms with Gasteiger partial charge in [-0.25, -0.2) is 13.2 Å². The van der Waals surface area contributed by atoms with Crippen LogP contribution in [0.3, 0.4) is 0 Å². The lowest BCUT2D eigenvalue weighted by atomic mass is 10.2. The van der Waals surface area contributed by atoms with Gasteiger partial charge in [0, 0.05) is 19.8 Å². The molecule has 3 aromatic rings. The van der Waals surface area contributed by atoms with Crippen LogP contribution in [0.15, 0.2) is 83.8 Å². The second kappa shape index (κ2) is 9.87. The number of carbonyl (C=O) groups is 2. The summed E-state index contributed by atoms with van der Waals surface area (Å²) in [7, 11) is -0.862. The lowest BCUT2D eigenvalue weighted by molar-refractivity contribution is -0.126. The minimum atomic E-state index is -3.90. The van der Waals surface area contributed by atoms with Crippen molar-refractivity contribution >= 4 is 33.3 Å². The molecule has 0 N–H and O–H groups in total. The van der Waals surface area contributed by atoms with Gasteiger partial charge in [0.2, 0.25) is 0 Å². The van der Waals surface area contributed by atoms with E-state index in [0.717, 1.165) is 9.87 Å². The number of para-hydroxylation sites is 1. The van der Waals surface area contributed by atoms with Gasteiger partial charge in [0.05, 0.1) is 16.1 Å². The summed E-state index contributed by atoms with van der Waals surface area (Å²) in [4.78, 5) is 26.7. The second-order valence-electron chi connectivity index (χ2n) is 7.62. The molecule has 0 heterocycles. The van der Waals surface area contributed by atoms with Gasteiger partial charge in [-0.15, -0.1) is 0 Å². The Bertz CT molecular complexity index is 1240. The first-order valence-electron chi connectivity index (χ1n) is 10.3. The molecule has 1 atom stereocenters. The molecule has 7 nitrogen and oxygen atoms in total. The van der Waals surface area contributed by atoms with Gasteiger partial charge in [-0.1, -0.05) is 42.0 Å². The van der Waals surface area contributed by atoms with E-state index in [9.17, 15) is 18.0 Å². The zero-order chi connectivity index (χ0) is 24.2. The lowest BCUT2D eigenvalue weighted by Gasteiger charge is -2.22. The number of carbonyl (C=O) groups excluding carboxylic acids is 2. The average Bonchev–Trinajstić information content (AvgIpc) is 2.83. The molecule has 0 saturated carbocycles. The number of amides is 1. The SMILES string of the molecule is Cc1ccc(N(C)S(=O)(=O)c2cccc(C(=O)O[C@@H](C)C(=O)N(C)c3ccccc3)c2)cc1. The predicted molar refractivity (Wildman–Crippen MR) is 128 cm³/mol. The first-order valence-corrected chi connectivity index (χ1v) is 11.7. The summed E-state index contributed by atoms with van der Waals surface area (Å²) in [6.45, 7) is 3.39. The van der Waals surface area contributed by atoms with E-state index < -0.39 is 28.0 Å². The molecule has 1 amide bonds. The molecule has 0 radical (unpaired) electrons. The Hall–Kier alpha value is -3.65. The fraction of sp³-hybridized carbons (Fsp3) is 0.200. The molecular weight excluding hydrogens is 440 g/mol. The Morgan fingerprint density at radius 3 is 2.12 bits per heavy atom. The zero-order valence-corrected chi connectivity index (χ0v) is 19.7. The average molecular weight is 467 g/mol. The van der Waals surface area contributed by atoms with Crippen LogP contribution in [0, 0.1) is 6.92 Å². The Labute approximate surface area is 194 Å². The van der Waals surface area contributed by atoms with E-state index in [2.05, 4.69) is 0 Å². The van der Waals surface area contributed by atoms with E-state index in [0.29, 0.717) is 11.4 Å². The number of hydrogen-bond donors (Lipinski definition) is 0. The van der Waals surface area contributed by atoms with Crippen LogP contribution >= 0.6 is 0 Å². The molecule has 172 valence electrons. The molecule has 0 aliphatic carbocycles. The molecule has 0 aromatic heterocycles. The van der Waals surface area contributed by atoms with Crippen molar-refractivity contribution in [3.63, 3.8) is 0 Å². The lowest BCUT2D eigenvalue weighted by Crippen LogP contribution is -2.37. The van der Waals surface area contributed by atoms with E-state index in [1.165, 1.54) is 43.1 Å². The van der Waals surface area contributed by atoms with Crippen LogP contribution in [-0.4, -0.2) is 40.5 Å². The van der Waals surface area contributed by atoms with Crippen molar-refractivity contribution in [2.75, 3.05) is 23.3 Å². The maximum atomic E-state index is 13.1. The van der Waals surface area contributed by atoms with Crippen LogP contribution < -0.4 is 9.21 Å². The number of rotatable bonds is 7. The number of anilines is 2. The van der Waals surface area contributed by atoms with Crippen molar-refractivity contribution in [1.82, 2.24) is 0 Å². The smallest absolute Gasteiger partial charge is 0.338 e. The van der Waals surface area contributed by atoms with Gasteiger partial charge in [0.15, 0.2) is 6.10 Å². The van der Waals surface area contributed by atoms with Crippen LogP contribution in [0.2, 0.25) is 0 Å². The van der Waals surface area contributed by atoms with Crippen molar-refractivity contribution in [1.29, 1.82) is 0 Å². The molecule has 0 aliphatic rings. The molecular formula is C25H26N2O5S. The first kappa shape index (κ1) is 24.0. The van der Waals surface area contributed by atoms with Crippen LogP contribution in [0.5, 0.6) is 0 Å². The standard InChI is InChI=1S/C25H26N2O5S/c1-18-13-15-22(16-14-18)27(4)33(30,31)23-12-8-9-20(17-23)25(29)32-19(2)24(28)26(3)21-10-6-5-7-11-21/h5-17,19H,1-4H3/t19-/m0/s1. The molecule has 0 aliphatic heterocycles. The van der Waals surface area contributed by atoms with Crippen molar-refractivity contribution in [3.05, 3.63) is 90.0 Å². The summed E-state index contributed by atoms with van der Waals surface area (Å²) < 4.78 is 32.6. The van der Waals surface area contributed by atoms with E-state index in [4.69, 9.17) is 4.74 Å². The van der Waals surface area contributed by atoms with Crippen molar-refractivity contribution in [2.45, 2.75) is 24.8 Å². The molecule has 0 fully saturated rings. The predicted octanol–water partition coefficient (Wildman–Crippen LogP) is 4.03. The van der Waals surface area contributed by atoms with Gasteiger partial charge in [-0.05, 0) is 56.3 Å². The summed E-state index contributed by atoms with van der Waals surface area (Å²) in [5.74, 6) is -1.19. The molecule has 3 rings (SSSR count). The Morgan fingerprint density at radius 1 is 0.848 bits per heavy atom. The fourth-order valence-corrected chi connectivity index (χ4v) is 4.41. The van der Waals surface area contributed by atoms with Gasteiger partial charge in [0.1, 0.15) is 0 Å². The largest absolute Gasteiger partial charge is 0.449 e. The number of hydrogen-bond acceptors (Lipinski definition) is 5. The number of sulfonamides is 1. The third-order valence-corrected chi connectivity index (χ3v) is 7.01. The van der Waals surface area contributed by atoms with Gasteiger partial charge in [-0.2, -0.15) is 0 Å². The number of likely N-dealkylation sites (N-methyl/N-ethyl adjacent to an activating group) is 1. The number of aryl methyl sites for hydroxylation is 1. The fourth-order valence-electron chi connectivity index (χ4n) is 3.17. The highest BCUT2D eigenvalue weighted by Gasteiger charge is 2.25. The van der Waals surface area contributed by atoms with Gasteiger partial charge < -0.3 is 9.64 Å². The Morgan fingerprint density at radius 2 is 1.48 bits per heavy atom. The van der Waals surface area contributed by atoms with Crippen molar-refractivity contribution in [2.24, 2.45) is 0 Å². The maximum absolute atomic E-state index is 13.1. The van der Waals surface area contributed by atoms with Crippen molar-refractivity contribution < 1.29 is 22.7 Å². The van der Waals surface area contributed by atoms with Gasteiger partial charge >= 0.3 is 5.97 Å². The number of benzene rings is 3. The zero-order valence-electron chi connectivity index (χ0n) is 18.9. The van der Waals surface area contributed by atoms with Crippen LogP contribution in [0.25, 0.3) is 0 Å². The molecule has 0 saturated heterocycles. The molecule has 8 heteroatoms. The van der Waals surface area contributed by atoms with E-state index in [1.54, 1.807) is 43.4 Å². The minimum absolute atomic E-state index is 0.0374. The highest BCUT2D eigenvalue weighted by Crippen LogP contribution is 2.23. The molecule has 0 spiro atoms. The monoisotopic (exact) mass is 466 g/mol. The Kier molecular flexibility index (Phi) is 7.18. The van der Waals surface area contributed by atoms with E-state index in [1.807, 2.05) is 25.1 Å².